The number of hydrogen-bond acceptors (Lipinski definition) is 5. The Balaban J connectivity index is 1.74. The second-order valence-electron chi connectivity index (χ2n) is 6.63. The normalized spacial score (nSPS) is 18.1. The van der Waals surface area contributed by atoms with Gasteiger partial charge in [-0.2, -0.15) is 18.3 Å². The lowest BCUT2D eigenvalue weighted by Crippen LogP contribution is -2.21. The van der Waals surface area contributed by atoms with Crippen LogP contribution in [0.3, 0.4) is 0 Å². The van der Waals surface area contributed by atoms with Gasteiger partial charge in [-0.05, 0) is 37.5 Å². The first-order valence-corrected chi connectivity index (χ1v) is 8.54. The summed E-state index contributed by atoms with van der Waals surface area (Å²) < 4.78 is 46.0. The summed E-state index contributed by atoms with van der Waals surface area (Å²) in [4.78, 5) is 8.70. The SMILES string of the molecule is Cc1cc(C(F)(F)F)cc(O)c1-c1cnc2cn(C3CCCOC3)nc2n1. The van der Waals surface area contributed by atoms with Crippen molar-refractivity contribution in [1.29, 1.82) is 0 Å². The van der Waals surface area contributed by atoms with E-state index in [4.69, 9.17) is 4.74 Å². The molecule has 1 unspecified atom stereocenters. The molecule has 0 spiro atoms. The van der Waals surface area contributed by atoms with Crippen molar-refractivity contribution in [3.05, 3.63) is 35.7 Å². The molecule has 1 atom stereocenters. The number of alkyl halides is 3. The third-order valence-corrected chi connectivity index (χ3v) is 4.65. The van der Waals surface area contributed by atoms with Gasteiger partial charge in [-0.25, -0.2) is 9.97 Å². The smallest absolute Gasteiger partial charge is 0.416 e. The van der Waals surface area contributed by atoms with Crippen LogP contribution in [0.5, 0.6) is 5.75 Å². The minimum atomic E-state index is -4.53. The molecule has 1 aromatic carbocycles. The molecule has 0 aliphatic carbocycles. The third-order valence-electron chi connectivity index (χ3n) is 4.65. The van der Waals surface area contributed by atoms with Crippen molar-refractivity contribution in [2.24, 2.45) is 0 Å². The summed E-state index contributed by atoms with van der Waals surface area (Å²) in [6.45, 7) is 2.80. The molecule has 27 heavy (non-hydrogen) atoms. The van der Waals surface area contributed by atoms with E-state index in [-0.39, 0.29) is 22.9 Å². The molecule has 3 heterocycles. The predicted octanol–water partition coefficient (Wildman–Crippen LogP) is 3.88. The fourth-order valence-electron chi connectivity index (χ4n) is 3.32. The van der Waals surface area contributed by atoms with Gasteiger partial charge in [-0.15, -0.1) is 0 Å². The van der Waals surface area contributed by atoms with Crippen molar-refractivity contribution in [2.45, 2.75) is 32.0 Å². The average Bonchev–Trinajstić information content (AvgIpc) is 3.04. The molecule has 4 rings (SSSR count). The van der Waals surface area contributed by atoms with Crippen molar-refractivity contribution < 1.29 is 23.0 Å². The standard InChI is InChI=1S/C18H17F3N4O2/c1-10-5-11(18(19,20)21)6-15(26)16(10)13-7-22-14-8-25(24-17(14)23-13)12-3-2-4-27-9-12/h5-8,12,26H,2-4,9H2,1H3. The molecule has 2 aromatic heterocycles. The molecule has 3 aromatic rings. The molecule has 0 saturated carbocycles. The fourth-order valence-corrected chi connectivity index (χ4v) is 3.32. The zero-order chi connectivity index (χ0) is 19.2. The highest BCUT2D eigenvalue weighted by atomic mass is 19.4. The van der Waals surface area contributed by atoms with Crippen LogP contribution in [0.25, 0.3) is 22.4 Å². The largest absolute Gasteiger partial charge is 0.507 e. The Morgan fingerprint density at radius 3 is 2.78 bits per heavy atom. The van der Waals surface area contributed by atoms with Crippen LogP contribution in [0.15, 0.2) is 24.5 Å². The van der Waals surface area contributed by atoms with Gasteiger partial charge in [0.1, 0.15) is 11.3 Å². The van der Waals surface area contributed by atoms with Gasteiger partial charge in [-0.1, -0.05) is 0 Å². The van der Waals surface area contributed by atoms with E-state index in [0.717, 1.165) is 25.5 Å². The van der Waals surface area contributed by atoms with Crippen LogP contribution in [-0.2, 0) is 10.9 Å². The molecule has 0 radical (unpaired) electrons. The molecule has 1 aliphatic heterocycles. The van der Waals surface area contributed by atoms with Crippen molar-refractivity contribution in [1.82, 2.24) is 19.7 Å². The lowest BCUT2D eigenvalue weighted by molar-refractivity contribution is -0.137. The van der Waals surface area contributed by atoms with E-state index in [9.17, 15) is 18.3 Å². The van der Waals surface area contributed by atoms with E-state index in [2.05, 4.69) is 15.1 Å². The highest BCUT2D eigenvalue weighted by molar-refractivity contribution is 5.77. The van der Waals surface area contributed by atoms with Gasteiger partial charge in [0.2, 0.25) is 0 Å². The average molecular weight is 378 g/mol. The van der Waals surface area contributed by atoms with Gasteiger partial charge in [-0.3, -0.25) is 4.68 Å². The number of halogens is 3. The van der Waals surface area contributed by atoms with E-state index in [1.807, 2.05) is 0 Å². The Kier molecular flexibility index (Phi) is 4.26. The molecule has 1 aliphatic rings. The van der Waals surface area contributed by atoms with E-state index >= 15 is 0 Å². The van der Waals surface area contributed by atoms with Crippen LogP contribution in [0.4, 0.5) is 13.2 Å². The van der Waals surface area contributed by atoms with E-state index < -0.39 is 17.5 Å². The molecule has 1 fully saturated rings. The van der Waals surface area contributed by atoms with Crippen LogP contribution in [-0.4, -0.2) is 38.1 Å². The quantitative estimate of drug-likeness (QED) is 0.733. The predicted molar refractivity (Wildman–Crippen MR) is 91.3 cm³/mol. The van der Waals surface area contributed by atoms with Gasteiger partial charge < -0.3 is 9.84 Å². The second-order valence-corrected chi connectivity index (χ2v) is 6.63. The summed E-state index contributed by atoms with van der Waals surface area (Å²) in [5, 5.41) is 14.6. The van der Waals surface area contributed by atoms with Crippen LogP contribution in [0.2, 0.25) is 0 Å². The molecular formula is C18H17F3N4O2. The van der Waals surface area contributed by atoms with Gasteiger partial charge in [0, 0.05) is 12.2 Å². The number of aryl methyl sites for hydroxylation is 1. The van der Waals surface area contributed by atoms with Gasteiger partial charge in [0.25, 0.3) is 0 Å². The number of rotatable bonds is 2. The van der Waals surface area contributed by atoms with Crippen molar-refractivity contribution in [2.75, 3.05) is 13.2 Å². The van der Waals surface area contributed by atoms with E-state index in [1.165, 1.54) is 13.1 Å². The van der Waals surface area contributed by atoms with Crippen molar-refractivity contribution in [3.8, 4) is 17.0 Å². The molecule has 142 valence electrons. The zero-order valence-corrected chi connectivity index (χ0v) is 14.5. The number of benzene rings is 1. The Morgan fingerprint density at radius 2 is 2.11 bits per heavy atom. The van der Waals surface area contributed by atoms with E-state index in [0.29, 0.717) is 23.8 Å². The lowest BCUT2D eigenvalue weighted by Gasteiger charge is -2.21. The molecular weight excluding hydrogens is 361 g/mol. The molecule has 0 amide bonds. The maximum absolute atomic E-state index is 12.9. The minimum absolute atomic E-state index is 0.111. The van der Waals surface area contributed by atoms with Gasteiger partial charge in [0.05, 0.1) is 36.3 Å². The van der Waals surface area contributed by atoms with Crippen molar-refractivity contribution in [3.63, 3.8) is 0 Å². The molecule has 6 nitrogen and oxygen atoms in total. The number of fused-ring (bicyclic) bond motifs is 1. The monoisotopic (exact) mass is 378 g/mol. The number of phenolic OH excluding ortho intramolecular Hbond substituents is 1. The summed E-state index contributed by atoms with van der Waals surface area (Å²) in [7, 11) is 0. The number of aromatic nitrogens is 4. The van der Waals surface area contributed by atoms with Gasteiger partial charge >= 0.3 is 6.18 Å². The summed E-state index contributed by atoms with van der Waals surface area (Å²) in [5.74, 6) is -0.490. The first-order valence-electron chi connectivity index (χ1n) is 8.54. The first-order chi connectivity index (χ1) is 12.8. The number of aromatic hydroxyl groups is 1. The van der Waals surface area contributed by atoms with Crippen LogP contribution in [0.1, 0.15) is 30.0 Å². The molecule has 0 bridgehead atoms. The highest BCUT2D eigenvalue weighted by Crippen LogP contribution is 2.38. The zero-order valence-electron chi connectivity index (χ0n) is 14.5. The Morgan fingerprint density at radius 1 is 1.30 bits per heavy atom. The maximum atomic E-state index is 12.9. The number of hydrogen-bond donors (Lipinski definition) is 1. The number of ether oxygens (including phenoxy) is 1. The Hall–Kier alpha value is -2.68. The maximum Gasteiger partial charge on any atom is 0.416 e. The lowest BCUT2D eigenvalue weighted by atomic mass is 10.0. The summed E-state index contributed by atoms with van der Waals surface area (Å²) in [6.07, 6.45) is 0.578. The Labute approximate surface area is 152 Å². The fraction of sp³-hybridized carbons (Fsp3) is 0.389. The minimum Gasteiger partial charge on any atom is -0.507 e. The van der Waals surface area contributed by atoms with Gasteiger partial charge in [0.15, 0.2) is 5.65 Å². The third kappa shape index (κ3) is 3.34. The first kappa shape index (κ1) is 17.7. The van der Waals surface area contributed by atoms with Crippen molar-refractivity contribution >= 4 is 11.2 Å². The molecule has 1 N–H and O–H groups in total. The molecule has 1 saturated heterocycles. The summed E-state index contributed by atoms with van der Waals surface area (Å²) in [6, 6.07) is 1.80. The van der Waals surface area contributed by atoms with Crippen LogP contribution in [0, 0.1) is 6.92 Å². The van der Waals surface area contributed by atoms with E-state index in [1.54, 1.807) is 10.9 Å². The van der Waals surface area contributed by atoms with Crippen LogP contribution >= 0.6 is 0 Å². The number of phenols is 1. The molecule has 9 heteroatoms. The topological polar surface area (TPSA) is 73.1 Å². The highest BCUT2D eigenvalue weighted by Gasteiger charge is 2.32. The Bertz CT molecular complexity index is 971. The number of nitrogens with zero attached hydrogens (tertiary/aromatic N) is 4. The summed E-state index contributed by atoms with van der Waals surface area (Å²) in [5.41, 5.74) is 0.794. The second kappa shape index (κ2) is 6.49. The van der Waals surface area contributed by atoms with Crippen LogP contribution < -0.4 is 0 Å². The summed E-state index contributed by atoms with van der Waals surface area (Å²) >= 11 is 0.